The van der Waals surface area contributed by atoms with E-state index in [1.807, 2.05) is 6.07 Å². The van der Waals surface area contributed by atoms with Crippen molar-refractivity contribution in [2.45, 2.75) is 31.1 Å². The van der Waals surface area contributed by atoms with Crippen molar-refractivity contribution in [3.8, 4) is 0 Å². The Kier molecular flexibility index (Phi) is 5.29. The third-order valence-corrected chi connectivity index (χ3v) is 5.82. The number of halogens is 3. The zero-order valence-electron chi connectivity index (χ0n) is 15.8. The molecule has 1 aliphatic carbocycles. The summed E-state index contributed by atoms with van der Waals surface area (Å²) in [6.07, 6.45) is -0.949. The lowest BCUT2D eigenvalue weighted by Crippen LogP contribution is -2.53. The molecule has 1 N–H and O–H groups in total. The van der Waals surface area contributed by atoms with Crippen molar-refractivity contribution in [1.82, 2.24) is 14.8 Å². The Hall–Kier alpha value is -2.12. The molecular weight excluding hydrogens is 365 g/mol. The Morgan fingerprint density at radius 3 is 2.32 bits per heavy atom. The van der Waals surface area contributed by atoms with Crippen LogP contribution in [0.4, 0.5) is 19.0 Å². The predicted octanol–water partition coefficient (Wildman–Crippen LogP) is 3.86. The van der Waals surface area contributed by atoms with E-state index in [2.05, 4.69) is 44.4 Å². The second kappa shape index (κ2) is 7.72. The summed E-state index contributed by atoms with van der Waals surface area (Å²) in [5.41, 5.74) is 0.589. The van der Waals surface area contributed by atoms with E-state index in [-0.39, 0.29) is 11.4 Å². The van der Waals surface area contributed by atoms with E-state index in [0.717, 1.165) is 51.6 Å². The van der Waals surface area contributed by atoms with Crippen LogP contribution in [0.1, 0.15) is 24.0 Å². The van der Waals surface area contributed by atoms with Gasteiger partial charge in [0.25, 0.3) is 0 Å². The fourth-order valence-corrected chi connectivity index (χ4v) is 3.99. The van der Waals surface area contributed by atoms with Gasteiger partial charge in [-0.2, -0.15) is 13.2 Å². The van der Waals surface area contributed by atoms with Gasteiger partial charge in [0, 0.05) is 51.0 Å². The normalized spacial score (nSPS) is 20.1. The van der Waals surface area contributed by atoms with Gasteiger partial charge in [-0.25, -0.2) is 4.98 Å². The minimum atomic E-state index is -4.39. The highest BCUT2D eigenvalue weighted by molar-refractivity contribution is 5.46. The van der Waals surface area contributed by atoms with Crippen molar-refractivity contribution in [2.75, 3.05) is 38.0 Å². The first kappa shape index (κ1) is 19.2. The van der Waals surface area contributed by atoms with Crippen molar-refractivity contribution >= 4 is 5.82 Å². The van der Waals surface area contributed by atoms with Crippen LogP contribution in [0.5, 0.6) is 0 Å². The summed E-state index contributed by atoms with van der Waals surface area (Å²) < 4.78 is 39.5. The summed E-state index contributed by atoms with van der Waals surface area (Å²) in [6.45, 7) is 5.31. The zero-order chi connectivity index (χ0) is 19.6. The first-order chi connectivity index (χ1) is 13.5. The van der Waals surface area contributed by atoms with Crippen molar-refractivity contribution < 1.29 is 13.2 Å². The van der Waals surface area contributed by atoms with Crippen LogP contribution in [-0.4, -0.2) is 53.0 Å². The molecule has 150 valence electrons. The molecular formula is C21H25F3N4. The summed E-state index contributed by atoms with van der Waals surface area (Å²) in [4.78, 5) is 8.80. The smallest absolute Gasteiger partial charge is 0.368 e. The molecule has 0 unspecified atom stereocenters. The molecule has 0 amide bonds. The SMILES string of the molecule is FC(F)(F)c1cccnc1NCC1(N2CCN(Cc3ccccc3)CC2)CC1. The number of benzene rings is 1. The van der Waals surface area contributed by atoms with Crippen LogP contribution < -0.4 is 5.32 Å². The standard InChI is InChI=1S/C21H25F3N4/c22-21(23,24)18-7-4-10-25-19(18)26-16-20(8-9-20)28-13-11-27(12-14-28)15-17-5-2-1-3-6-17/h1-7,10H,8-9,11-16H2,(H,25,26). The molecule has 1 aromatic heterocycles. The van der Waals surface area contributed by atoms with Gasteiger partial charge in [0.05, 0.1) is 5.56 Å². The minimum Gasteiger partial charge on any atom is -0.368 e. The summed E-state index contributed by atoms with van der Waals surface area (Å²) in [5, 5.41) is 2.98. The van der Waals surface area contributed by atoms with Gasteiger partial charge in [-0.05, 0) is 30.5 Å². The van der Waals surface area contributed by atoms with Gasteiger partial charge in [-0.15, -0.1) is 0 Å². The Bertz CT molecular complexity index is 782. The fourth-order valence-electron chi connectivity index (χ4n) is 3.99. The van der Waals surface area contributed by atoms with Crippen LogP contribution in [0, 0.1) is 0 Å². The molecule has 0 spiro atoms. The largest absolute Gasteiger partial charge is 0.419 e. The topological polar surface area (TPSA) is 31.4 Å². The summed E-state index contributed by atoms with van der Waals surface area (Å²) in [6, 6.07) is 12.8. The van der Waals surface area contributed by atoms with Crippen LogP contribution in [0.2, 0.25) is 0 Å². The number of anilines is 1. The molecule has 0 bridgehead atoms. The van der Waals surface area contributed by atoms with Gasteiger partial charge in [0.1, 0.15) is 5.82 Å². The molecule has 1 saturated heterocycles. The highest BCUT2D eigenvalue weighted by atomic mass is 19.4. The Morgan fingerprint density at radius 2 is 1.68 bits per heavy atom. The van der Waals surface area contributed by atoms with Crippen molar-refractivity contribution in [3.05, 3.63) is 59.8 Å². The lowest BCUT2D eigenvalue weighted by molar-refractivity contribution is -0.137. The second-order valence-electron chi connectivity index (χ2n) is 7.72. The maximum atomic E-state index is 13.2. The Morgan fingerprint density at radius 1 is 0.964 bits per heavy atom. The third-order valence-electron chi connectivity index (χ3n) is 5.82. The number of rotatable bonds is 6. The third kappa shape index (κ3) is 4.31. The number of hydrogen-bond donors (Lipinski definition) is 1. The summed E-state index contributed by atoms with van der Waals surface area (Å²) in [7, 11) is 0. The maximum absolute atomic E-state index is 13.2. The first-order valence-corrected chi connectivity index (χ1v) is 9.74. The van der Waals surface area contributed by atoms with Crippen LogP contribution in [0.15, 0.2) is 48.7 Å². The molecule has 1 saturated carbocycles. The van der Waals surface area contributed by atoms with Crippen LogP contribution in [0.3, 0.4) is 0 Å². The highest BCUT2D eigenvalue weighted by Crippen LogP contribution is 2.43. The molecule has 2 heterocycles. The van der Waals surface area contributed by atoms with Gasteiger partial charge in [0.15, 0.2) is 0 Å². The quantitative estimate of drug-likeness (QED) is 0.812. The highest BCUT2D eigenvalue weighted by Gasteiger charge is 2.48. The summed E-state index contributed by atoms with van der Waals surface area (Å²) in [5.74, 6) is -0.0658. The van der Waals surface area contributed by atoms with Crippen molar-refractivity contribution in [1.29, 1.82) is 0 Å². The fraction of sp³-hybridized carbons (Fsp3) is 0.476. The van der Waals surface area contributed by atoms with E-state index >= 15 is 0 Å². The average Bonchev–Trinajstić information content (AvgIpc) is 3.48. The van der Waals surface area contributed by atoms with E-state index in [4.69, 9.17) is 0 Å². The molecule has 1 aliphatic heterocycles. The van der Waals surface area contributed by atoms with Gasteiger partial charge in [-0.3, -0.25) is 9.80 Å². The van der Waals surface area contributed by atoms with E-state index in [1.54, 1.807) is 0 Å². The molecule has 4 nitrogen and oxygen atoms in total. The molecule has 0 atom stereocenters. The number of aromatic nitrogens is 1. The maximum Gasteiger partial charge on any atom is 0.419 e. The van der Waals surface area contributed by atoms with Crippen LogP contribution in [-0.2, 0) is 12.7 Å². The Balaban J connectivity index is 1.32. The summed E-state index contributed by atoms with van der Waals surface area (Å²) >= 11 is 0. The zero-order valence-corrected chi connectivity index (χ0v) is 15.8. The monoisotopic (exact) mass is 390 g/mol. The molecule has 2 aliphatic rings. The lowest BCUT2D eigenvalue weighted by atomic mass is 10.1. The van der Waals surface area contributed by atoms with Gasteiger partial charge in [-0.1, -0.05) is 30.3 Å². The van der Waals surface area contributed by atoms with Crippen LogP contribution in [0.25, 0.3) is 0 Å². The Labute approximate surface area is 163 Å². The van der Waals surface area contributed by atoms with Crippen LogP contribution >= 0.6 is 0 Å². The first-order valence-electron chi connectivity index (χ1n) is 9.74. The average molecular weight is 390 g/mol. The number of alkyl halides is 3. The van der Waals surface area contributed by atoms with E-state index in [1.165, 1.54) is 17.8 Å². The number of piperazine rings is 1. The number of nitrogens with one attached hydrogen (secondary N) is 1. The number of nitrogens with zero attached hydrogens (tertiary/aromatic N) is 3. The molecule has 28 heavy (non-hydrogen) atoms. The van der Waals surface area contributed by atoms with Gasteiger partial charge < -0.3 is 5.32 Å². The lowest BCUT2D eigenvalue weighted by Gasteiger charge is -2.40. The van der Waals surface area contributed by atoms with Crippen molar-refractivity contribution in [3.63, 3.8) is 0 Å². The molecule has 1 aromatic carbocycles. The van der Waals surface area contributed by atoms with E-state index in [9.17, 15) is 13.2 Å². The molecule has 0 radical (unpaired) electrons. The van der Waals surface area contributed by atoms with Gasteiger partial charge >= 0.3 is 6.18 Å². The van der Waals surface area contributed by atoms with E-state index in [0.29, 0.717) is 6.54 Å². The van der Waals surface area contributed by atoms with Crippen molar-refractivity contribution in [2.24, 2.45) is 0 Å². The number of pyridine rings is 1. The minimum absolute atomic E-state index is 0.0285. The van der Waals surface area contributed by atoms with E-state index < -0.39 is 11.7 Å². The molecule has 7 heteroatoms. The molecule has 2 fully saturated rings. The molecule has 4 rings (SSSR count). The molecule has 2 aromatic rings. The second-order valence-corrected chi connectivity index (χ2v) is 7.72. The number of hydrogen-bond acceptors (Lipinski definition) is 4. The predicted molar refractivity (Wildman–Crippen MR) is 103 cm³/mol. The van der Waals surface area contributed by atoms with Gasteiger partial charge in [0.2, 0.25) is 0 Å².